The SMILES string of the molecule is CCCCCN(C)CCN(CC)C1=CCCC=C1. The molecule has 0 spiro atoms. The molecule has 0 saturated heterocycles. The largest absolute Gasteiger partial charge is 0.371 e. The van der Waals surface area contributed by atoms with Crippen molar-refractivity contribution in [3.63, 3.8) is 0 Å². The molecule has 0 aliphatic heterocycles. The van der Waals surface area contributed by atoms with Crippen LogP contribution in [0, 0.1) is 0 Å². The van der Waals surface area contributed by atoms with Crippen LogP contribution in [0.15, 0.2) is 23.9 Å². The van der Waals surface area contributed by atoms with Gasteiger partial charge >= 0.3 is 0 Å². The summed E-state index contributed by atoms with van der Waals surface area (Å²) in [6.07, 6.45) is 13.4. The molecule has 1 rings (SSSR count). The summed E-state index contributed by atoms with van der Waals surface area (Å²) >= 11 is 0. The third-order valence-electron chi connectivity index (χ3n) is 3.62. The molecular weight excluding hydrogens is 220 g/mol. The lowest BCUT2D eigenvalue weighted by molar-refractivity contribution is 0.267. The second-order valence-corrected chi connectivity index (χ2v) is 5.20. The van der Waals surface area contributed by atoms with E-state index in [1.165, 1.54) is 50.9 Å². The molecule has 0 bridgehead atoms. The van der Waals surface area contributed by atoms with E-state index < -0.39 is 0 Å². The Labute approximate surface area is 113 Å². The Hall–Kier alpha value is -0.760. The lowest BCUT2D eigenvalue weighted by Crippen LogP contribution is -2.33. The van der Waals surface area contributed by atoms with Crippen LogP contribution in [-0.4, -0.2) is 43.0 Å². The number of allylic oxidation sites excluding steroid dienone is 3. The average molecular weight is 250 g/mol. The van der Waals surface area contributed by atoms with Crippen LogP contribution in [0.3, 0.4) is 0 Å². The molecule has 0 fully saturated rings. The van der Waals surface area contributed by atoms with Crippen molar-refractivity contribution in [1.29, 1.82) is 0 Å². The highest BCUT2D eigenvalue weighted by molar-refractivity contribution is 5.21. The van der Waals surface area contributed by atoms with Crippen molar-refractivity contribution in [2.24, 2.45) is 0 Å². The highest BCUT2D eigenvalue weighted by atomic mass is 15.2. The van der Waals surface area contributed by atoms with Crippen molar-refractivity contribution in [3.05, 3.63) is 23.9 Å². The Morgan fingerprint density at radius 2 is 1.89 bits per heavy atom. The van der Waals surface area contributed by atoms with Crippen LogP contribution in [0.25, 0.3) is 0 Å². The molecule has 0 unspecified atom stereocenters. The Kier molecular flexibility index (Phi) is 7.83. The first-order valence-electron chi connectivity index (χ1n) is 7.58. The van der Waals surface area contributed by atoms with Gasteiger partial charge < -0.3 is 9.80 Å². The van der Waals surface area contributed by atoms with Gasteiger partial charge in [0.25, 0.3) is 0 Å². The average Bonchev–Trinajstić information content (AvgIpc) is 2.41. The van der Waals surface area contributed by atoms with Gasteiger partial charge in [-0.2, -0.15) is 0 Å². The Morgan fingerprint density at radius 1 is 1.06 bits per heavy atom. The minimum Gasteiger partial charge on any atom is -0.371 e. The van der Waals surface area contributed by atoms with Crippen molar-refractivity contribution < 1.29 is 0 Å². The van der Waals surface area contributed by atoms with Crippen LogP contribution >= 0.6 is 0 Å². The molecule has 2 heteroatoms. The Balaban J connectivity index is 2.26. The summed E-state index contributed by atoms with van der Waals surface area (Å²) in [6, 6.07) is 0. The lowest BCUT2D eigenvalue weighted by atomic mass is 10.1. The molecule has 1 aliphatic rings. The van der Waals surface area contributed by atoms with Crippen LogP contribution in [0.5, 0.6) is 0 Å². The minimum atomic E-state index is 1.11. The van der Waals surface area contributed by atoms with Crippen molar-refractivity contribution in [3.8, 4) is 0 Å². The van der Waals surface area contributed by atoms with E-state index in [-0.39, 0.29) is 0 Å². The summed E-state index contributed by atoms with van der Waals surface area (Å²) in [6.45, 7) is 9.18. The standard InChI is InChI=1S/C16H30N2/c1-4-6-10-13-17(3)14-15-18(5-2)16-11-8-7-9-12-16/h8,11-12H,4-7,9-10,13-15H2,1-3H3. The molecule has 2 nitrogen and oxygen atoms in total. The van der Waals surface area contributed by atoms with E-state index >= 15 is 0 Å². The smallest absolute Gasteiger partial charge is 0.0322 e. The zero-order chi connectivity index (χ0) is 13.2. The second-order valence-electron chi connectivity index (χ2n) is 5.20. The fraction of sp³-hybridized carbons (Fsp3) is 0.750. The maximum absolute atomic E-state index is 2.49. The molecule has 0 saturated carbocycles. The number of likely N-dealkylation sites (N-methyl/N-ethyl adjacent to an activating group) is 2. The molecule has 1 aliphatic carbocycles. The summed E-state index contributed by atoms with van der Waals surface area (Å²) in [5.74, 6) is 0. The quantitative estimate of drug-likeness (QED) is 0.576. The molecule has 0 N–H and O–H groups in total. The van der Waals surface area contributed by atoms with Gasteiger partial charge in [-0.05, 0) is 45.9 Å². The maximum Gasteiger partial charge on any atom is 0.0322 e. The van der Waals surface area contributed by atoms with Gasteiger partial charge in [0, 0.05) is 25.3 Å². The predicted octanol–water partition coefficient (Wildman–Crippen LogP) is 3.66. The monoisotopic (exact) mass is 250 g/mol. The Bertz CT molecular complexity index is 268. The number of hydrogen-bond donors (Lipinski definition) is 0. The van der Waals surface area contributed by atoms with Crippen molar-refractivity contribution in [2.75, 3.05) is 33.2 Å². The van der Waals surface area contributed by atoms with E-state index in [1.54, 1.807) is 0 Å². The fourth-order valence-corrected chi connectivity index (χ4v) is 2.34. The molecule has 0 aromatic rings. The van der Waals surface area contributed by atoms with Gasteiger partial charge in [-0.3, -0.25) is 0 Å². The number of rotatable bonds is 9. The number of hydrogen-bond acceptors (Lipinski definition) is 2. The third-order valence-corrected chi connectivity index (χ3v) is 3.62. The summed E-state index contributed by atoms with van der Waals surface area (Å²) in [5.41, 5.74) is 1.42. The second kappa shape index (κ2) is 9.21. The summed E-state index contributed by atoms with van der Waals surface area (Å²) in [4.78, 5) is 4.96. The van der Waals surface area contributed by atoms with Gasteiger partial charge in [-0.15, -0.1) is 0 Å². The zero-order valence-electron chi connectivity index (χ0n) is 12.5. The van der Waals surface area contributed by atoms with Gasteiger partial charge in [0.2, 0.25) is 0 Å². The van der Waals surface area contributed by atoms with Crippen LogP contribution in [-0.2, 0) is 0 Å². The number of nitrogens with zero attached hydrogens (tertiary/aromatic N) is 2. The van der Waals surface area contributed by atoms with Crippen LogP contribution in [0.4, 0.5) is 0 Å². The maximum atomic E-state index is 2.49. The van der Waals surface area contributed by atoms with E-state index in [2.05, 4.69) is 48.9 Å². The van der Waals surface area contributed by atoms with Gasteiger partial charge in [0.05, 0.1) is 0 Å². The summed E-state index contributed by atoms with van der Waals surface area (Å²) in [5, 5.41) is 0. The fourth-order valence-electron chi connectivity index (χ4n) is 2.34. The molecule has 0 radical (unpaired) electrons. The summed E-state index contributed by atoms with van der Waals surface area (Å²) < 4.78 is 0. The first-order valence-corrected chi connectivity index (χ1v) is 7.58. The van der Waals surface area contributed by atoms with Crippen LogP contribution in [0.2, 0.25) is 0 Å². The van der Waals surface area contributed by atoms with Gasteiger partial charge in [0.1, 0.15) is 0 Å². The third kappa shape index (κ3) is 5.72. The van der Waals surface area contributed by atoms with Gasteiger partial charge in [-0.1, -0.05) is 31.9 Å². The van der Waals surface area contributed by atoms with Gasteiger partial charge in [0.15, 0.2) is 0 Å². The molecule has 0 aromatic carbocycles. The molecule has 0 amide bonds. The van der Waals surface area contributed by atoms with Crippen molar-refractivity contribution in [2.45, 2.75) is 46.0 Å². The zero-order valence-corrected chi connectivity index (χ0v) is 12.5. The molecule has 104 valence electrons. The highest BCUT2D eigenvalue weighted by Crippen LogP contribution is 2.13. The molecular formula is C16H30N2. The first kappa shape index (κ1) is 15.3. The highest BCUT2D eigenvalue weighted by Gasteiger charge is 2.07. The lowest BCUT2D eigenvalue weighted by Gasteiger charge is -2.28. The van der Waals surface area contributed by atoms with Crippen LogP contribution in [0.1, 0.15) is 46.0 Å². The number of unbranched alkanes of at least 4 members (excludes halogenated alkanes) is 2. The summed E-state index contributed by atoms with van der Waals surface area (Å²) in [7, 11) is 2.24. The molecule has 0 aromatic heterocycles. The molecule has 0 heterocycles. The van der Waals surface area contributed by atoms with Crippen molar-refractivity contribution in [1.82, 2.24) is 9.80 Å². The normalized spacial score (nSPS) is 15.0. The first-order chi connectivity index (χ1) is 8.77. The topological polar surface area (TPSA) is 6.48 Å². The minimum absolute atomic E-state index is 1.11. The Morgan fingerprint density at radius 3 is 2.50 bits per heavy atom. The van der Waals surface area contributed by atoms with E-state index in [0.29, 0.717) is 0 Å². The van der Waals surface area contributed by atoms with E-state index in [9.17, 15) is 0 Å². The molecule has 18 heavy (non-hydrogen) atoms. The van der Waals surface area contributed by atoms with E-state index in [4.69, 9.17) is 0 Å². The molecule has 0 atom stereocenters. The van der Waals surface area contributed by atoms with Gasteiger partial charge in [-0.25, -0.2) is 0 Å². The predicted molar refractivity (Wildman–Crippen MR) is 80.7 cm³/mol. The van der Waals surface area contributed by atoms with E-state index in [0.717, 1.165) is 13.1 Å². The van der Waals surface area contributed by atoms with Crippen molar-refractivity contribution >= 4 is 0 Å². The van der Waals surface area contributed by atoms with E-state index in [1.807, 2.05) is 0 Å². The van der Waals surface area contributed by atoms with Crippen LogP contribution < -0.4 is 0 Å².